The van der Waals surface area contributed by atoms with Crippen LogP contribution in [0, 0.1) is 5.82 Å². The summed E-state index contributed by atoms with van der Waals surface area (Å²) in [6.45, 7) is 0.228. The average molecular weight is 712 g/mol. The van der Waals surface area contributed by atoms with Crippen molar-refractivity contribution in [3.63, 3.8) is 0 Å². The molecule has 0 bridgehead atoms. The Balaban J connectivity index is 1.18. The van der Waals surface area contributed by atoms with Crippen molar-refractivity contribution in [3.05, 3.63) is 137 Å². The minimum absolute atomic E-state index is 0.00243. The maximum atomic E-state index is 13.5. The summed E-state index contributed by atoms with van der Waals surface area (Å²) in [4.78, 5) is 27.4. The zero-order valence-corrected chi connectivity index (χ0v) is 28.4. The van der Waals surface area contributed by atoms with Gasteiger partial charge in [0.05, 0.1) is 22.8 Å². The molecule has 6 rings (SSSR count). The molecule has 0 spiro atoms. The molecule has 0 fully saturated rings. The van der Waals surface area contributed by atoms with Crippen LogP contribution in [0.3, 0.4) is 0 Å². The maximum absolute atomic E-state index is 13.5. The Morgan fingerprint density at radius 2 is 1.92 bits per heavy atom. The Bertz CT molecular complexity index is 2280. The zero-order valence-electron chi connectivity index (χ0n) is 26.8. The van der Waals surface area contributed by atoms with Gasteiger partial charge in [0, 0.05) is 47.9 Å². The third kappa shape index (κ3) is 9.10. The minimum atomic E-state index is -3.32. The predicted molar refractivity (Wildman–Crippen MR) is 191 cm³/mol. The Morgan fingerprint density at radius 3 is 2.70 bits per heavy atom. The van der Waals surface area contributed by atoms with Crippen LogP contribution in [0.15, 0.2) is 114 Å². The maximum Gasteiger partial charge on any atom is 0.247 e. The lowest BCUT2D eigenvalue weighted by Crippen LogP contribution is -2.33. The Kier molecular flexibility index (Phi) is 10.5. The predicted octanol–water partition coefficient (Wildman–Crippen LogP) is 7.49. The highest BCUT2D eigenvalue weighted by Gasteiger charge is 2.17. The van der Waals surface area contributed by atoms with Crippen LogP contribution >= 0.6 is 11.6 Å². The lowest BCUT2D eigenvalue weighted by atomic mass is 10.1. The minimum Gasteiger partial charge on any atom is -0.487 e. The van der Waals surface area contributed by atoms with Gasteiger partial charge in [-0.2, -0.15) is 0 Å². The van der Waals surface area contributed by atoms with Gasteiger partial charge in [0.1, 0.15) is 51.7 Å². The molecule has 13 heteroatoms. The molecule has 0 saturated heterocycles. The van der Waals surface area contributed by atoms with E-state index in [0.717, 1.165) is 22.8 Å². The molecule has 0 aliphatic rings. The number of carbonyl (C=O) groups excluding carboxylic acids is 1. The summed E-state index contributed by atoms with van der Waals surface area (Å²) >= 11 is 6.52. The number of pyridine rings is 1. The second-order valence-corrected chi connectivity index (χ2v) is 14.1. The van der Waals surface area contributed by atoms with Gasteiger partial charge in [-0.05, 0) is 83.9 Å². The highest BCUT2D eigenvalue weighted by Crippen LogP contribution is 2.33. The number of furan rings is 1. The van der Waals surface area contributed by atoms with Crippen LogP contribution in [-0.4, -0.2) is 52.7 Å². The lowest BCUT2D eigenvalue weighted by Gasteiger charge is -2.19. The van der Waals surface area contributed by atoms with Crippen LogP contribution < -0.4 is 10.1 Å². The first kappa shape index (κ1) is 34.3. The first-order chi connectivity index (χ1) is 24.1. The molecule has 50 heavy (non-hydrogen) atoms. The van der Waals surface area contributed by atoms with Crippen molar-refractivity contribution >= 4 is 55.8 Å². The standard InChI is InChI=1S/C37H31ClFN5O5S/c1-50(46,47)17-16-44(36(45)14-7-25-5-3-15-40-21-25)22-30-10-13-34(49-30)27-8-11-33-31(19-27)37(42-24-41-33)43-29-9-12-35(32(38)20-29)48-23-26-4-2-6-28(39)18-26/h2-15,18-21,24H,16-17,22-23H2,1H3,(H,41,42,43)/b14-7+. The SMILES string of the molecule is CS(=O)(=O)CCN(Cc1ccc(-c2ccc3ncnc(Nc4ccc(OCc5cccc(F)c5)c(Cl)c4)c3c2)o1)C(=O)/C=C/c1cccnc1. The van der Waals surface area contributed by atoms with E-state index >= 15 is 0 Å². The topological polar surface area (TPSA) is 128 Å². The molecular weight excluding hydrogens is 681 g/mol. The van der Waals surface area contributed by atoms with E-state index in [1.807, 2.05) is 24.3 Å². The van der Waals surface area contributed by atoms with Crippen molar-refractivity contribution in [3.8, 4) is 17.1 Å². The summed E-state index contributed by atoms with van der Waals surface area (Å²) in [5.41, 5.74) is 3.52. The molecule has 6 aromatic rings. The second kappa shape index (κ2) is 15.3. The molecule has 254 valence electrons. The molecule has 0 radical (unpaired) electrons. The number of rotatable bonds is 13. The number of benzene rings is 3. The third-order valence-electron chi connectivity index (χ3n) is 7.55. The van der Waals surface area contributed by atoms with Crippen molar-refractivity contribution in [1.29, 1.82) is 0 Å². The number of carbonyl (C=O) groups is 1. The van der Waals surface area contributed by atoms with Gasteiger partial charge in [-0.1, -0.05) is 29.8 Å². The monoisotopic (exact) mass is 711 g/mol. The summed E-state index contributed by atoms with van der Waals surface area (Å²) in [7, 11) is -3.32. The van der Waals surface area contributed by atoms with Crippen LogP contribution in [0.2, 0.25) is 5.02 Å². The van der Waals surface area contributed by atoms with Gasteiger partial charge >= 0.3 is 0 Å². The number of ether oxygens (including phenoxy) is 1. The Morgan fingerprint density at radius 1 is 1.04 bits per heavy atom. The first-order valence-corrected chi connectivity index (χ1v) is 17.9. The van der Waals surface area contributed by atoms with Gasteiger partial charge in [-0.3, -0.25) is 9.78 Å². The van der Waals surface area contributed by atoms with Gasteiger partial charge in [0.15, 0.2) is 0 Å². The fourth-order valence-corrected chi connectivity index (χ4v) is 5.81. The van der Waals surface area contributed by atoms with Crippen molar-refractivity contribution in [2.24, 2.45) is 0 Å². The van der Waals surface area contributed by atoms with E-state index in [-0.39, 0.29) is 37.2 Å². The van der Waals surface area contributed by atoms with Gasteiger partial charge < -0.3 is 19.4 Å². The number of hydrogen-bond acceptors (Lipinski definition) is 9. The molecule has 0 aliphatic heterocycles. The molecule has 3 aromatic heterocycles. The first-order valence-electron chi connectivity index (χ1n) is 15.4. The molecule has 1 N–H and O–H groups in total. The lowest BCUT2D eigenvalue weighted by molar-refractivity contribution is -0.126. The molecule has 0 saturated carbocycles. The van der Waals surface area contributed by atoms with Crippen LogP contribution in [0.25, 0.3) is 28.3 Å². The van der Waals surface area contributed by atoms with E-state index in [2.05, 4.69) is 20.3 Å². The highest BCUT2D eigenvalue weighted by atomic mass is 35.5. The Labute approximate surface area is 293 Å². The molecule has 0 unspecified atom stereocenters. The van der Waals surface area contributed by atoms with Crippen LogP contribution in [0.4, 0.5) is 15.9 Å². The van der Waals surface area contributed by atoms with Gasteiger partial charge in [-0.25, -0.2) is 22.8 Å². The molecule has 3 aromatic carbocycles. The normalized spacial score (nSPS) is 11.6. The molecule has 3 heterocycles. The number of nitrogens with zero attached hydrogens (tertiary/aromatic N) is 4. The van der Waals surface area contributed by atoms with E-state index in [4.69, 9.17) is 20.8 Å². The fourth-order valence-electron chi connectivity index (χ4n) is 5.03. The van der Waals surface area contributed by atoms with Crippen LogP contribution in [0.5, 0.6) is 5.75 Å². The molecule has 0 aliphatic carbocycles. The third-order valence-corrected chi connectivity index (χ3v) is 8.77. The van der Waals surface area contributed by atoms with E-state index < -0.39 is 9.84 Å². The van der Waals surface area contributed by atoms with Crippen LogP contribution in [0.1, 0.15) is 16.9 Å². The van der Waals surface area contributed by atoms with Crippen molar-refractivity contribution in [2.75, 3.05) is 23.9 Å². The number of hydrogen-bond donors (Lipinski definition) is 1. The smallest absolute Gasteiger partial charge is 0.247 e. The average Bonchev–Trinajstić information content (AvgIpc) is 3.57. The van der Waals surface area contributed by atoms with E-state index in [1.165, 1.54) is 29.4 Å². The van der Waals surface area contributed by atoms with Gasteiger partial charge in [0.25, 0.3) is 0 Å². The molecule has 1 amide bonds. The molecular formula is C37H31ClFN5O5S. The largest absolute Gasteiger partial charge is 0.487 e. The number of amides is 1. The summed E-state index contributed by atoms with van der Waals surface area (Å²) in [5, 5.41) is 4.38. The number of halogens is 2. The van der Waals surface area contributed by atoms with E-state index in [1.54, 1.807) is 67.0 Å². The quantitative estimate of drug-likeness (QED) is 0.121. The number of aromatic nitrogens is 3. The van der Waals surface area contributed by atoms with Crippen LogP contribution in [-0.2, 0) is 27.8 Å². The van der Waals surface area contributed by atoms with Gasteiger partial charge in [-0.15, -0.1) is 0 Å². The molecule has 0 atom stereocenters. The van der Waals surface area contributed by atoms with Crippen molar-refractivity contribution in [1.82, 2.24) is 19.9 Å². The number of nitrogens with one attached hydrogen (secondary N) is 1. The van der Waals surface area contributed by atoms with Crippen molar-refractivity contribution < 1.29 is 26.8 Å². The number of sulfone groups is 1. The number of anilines is 2. The summed E-state index contributed by atoms with van der Waals surface area (Å²) in [5.74, 6) is 1.12. The summed E-state index contributed by atoms with van der Waals surface area (Å²) in [6.07, 6.45) is 8.87. The zero-order chi connectivity index (χ0) is 35.1. The highest BCUT2D eigenvalue weighted by molar-refractivity contribution is 7.90. The summed E-state index contributed by atoms with van der Waals surface area (Å²) in [6, 6.07) is 24.1. The van der Waals surface area contributed by atoms with E-state index in [0.29, 0.717) is 44.9 Å². The van der Waals surface area contributed by atoms with Gasteiger partial charge in [0.2, 0.25) is 5.91 Å². The summed E-state index contributed by atoms with van der Waals surface area (Å²) < 4.78 is 49.3. The number of fused-ring (bicyclic) bond motifs is 1. The second-order valence-electron chi connectivity index (χ2n) is 11.4. The molecule has 10 nitrogen and oxygen atoms in total. The van der Waals surface area contributed by atoms with Crippen molar-refractivity contribution in [2.45, 2.75) is 13.2 Å². The fraction of sp³-hybridized carbons (Fsp3) is 0.135. The Hall–Kier alpha value is -5.59. The van der Waals surface area contributed by atoms with E-state index in [9.17, 15) is 17.6 Å².